The Morgan fingerprint density at radius 3 is 3.00 bits per heavy atom. The number of hydrogen-bond donors (Lipinski definition) is 1. The number of hydrogen-bond acceptors (Lipinski definition) is 3. The van der Waals surface area contributed by atoms with Crippen molar-refractivity contribution in [3.05, 3.63) is 23.8 Å². The maximum absolute atomic E-state index is 9.54. The second kappa shape index (κ2) is 5.41. The van der Waals surface area contributed by atoms with Crippen LogP contribution >= 0.6 is 0 Å². The molecular weight excluding hydrogens is 214 g/mol. The van der Waals surface area contributed by atoms with E-state index in [1.807, 2.05) is 12.1 Å². The highest BCUT2D eigenvalue weighted by atomic mass is 16.5. The second-order valence-corrected chi connectivity index (χ2v) is 4.99. The molecule has 0 aliphatic carbocycles. The summed E-state index contributed by atoms with van der Waals surface area (Å²) in [4.78, 5) is 2.47. The van der Waals surface area contributed by atoms with Crippen LogP contribution in [0.5, 0.6) is 11.5 Å². The summed E-state index contributed by atoms with van der Waals surface area (Å²) in [5.74, 6) is 1.57. The molecule has 0 spiro atoms. The molecule has 2 rings (SSSR count). The lowest BCUT2D eigenvalue weighted by molar-refractivity contribution is 0.176. The van der Waals surface area contributed by atoms with E-state index in [0.29, 0.717) is 5.75 Å². The van der Waals surface area contributed by atoms with E-state index in [2.05, 4.69) is 11.8 Å². The molecule has 94 valence electrons. The molecule has 1 aromatic carbocycles. The number of likely N-dealkylation sites (tertiary alicyclic amines) is 1. The standard InChI is InChI=1S/C14H21NO2/c1-11-4-3-7-15(9-11)10-12-5-6-13(16)14(8-12)17-2/h5-6,8,11,16H,3-4,7,9-10H2,1-2H3/t11-/m0/s1. The maximum atomic E-state index is 9.54. The Kier molecular flexibility index (Phi) is 3.89. The van der Waals surface area contributed by atoms with Crippen LogP contribution in [-0.2, 0) is 6.54 Å². The van der Waals surface area contributed by atoms with Gasteiger partial charge in [-0.05, 0) is 43.0 Å². The van der Waals surface area contributed by atoms with Gasteiger partial charge in [0.25, 0.3) is 0 Å². The van der Waals surface area contributed by atoms with Crippen molar-refractivity contribution in [1.82, 2.24) is 4.90 Å². The van der Waals surface area contributed by atoms with Gasteiger partial charge < -0.3 is 9.84 Å². The van der Waals surface area contributed by atoms with Crippen molar-refractivity contribution in [2.75, 3.05) is 20.2 Å². The van der Waals surface area contributed by atoms with E-state index in [4.69, 9.17) is 4.74 Å². The normalized spacial score (nSPS) is 21.4. The maximum Gasteiger partial charge on any atom is 0.160 e. The van der Waals surface area contributed by atoms with E-state index in [1.54, 1.807) is 13.2 Å². The number of piperidine rings is 1. The van der Waals surface area contributed by atoms with Gasteiger partial charge in [0.1, 0.15) is 0 Å². The van der Waals surface area contributed by atoms with Crippen molar-refractivity contribution in [2.24, 2.45) is 5.92 Å². The molecular formula is C14H21NO2. The van der Waals surface area contributed by atoms with E-state index in [0.717, 1.165) is 12.5 Å². The molecule has 1 aromatic rings. The lowest BCUT2D eigenvalue weighted by Gasteiger charge is -2.30. The van der Waals surface area contributed by atoms with Crippen LogP contribution in [0.3, 0.4) is 0 Å². The van der Waals surface area contributed by atoms with Crippen molar-refractivity contribution in [1.29, 1.82) is 0 Å². The van der Waals surface area contributed by atoms with Gasteiger partial charge in [0.15, 0.2) is 11.5 Å². The Balaban J connectivity index is 2.02. The van der Waals surface area contributed by atoms with Gasteiger partial charge in [-0.2, -0.15) is 0 Å². The molecule has 17 heavy (non-hydrogen) atoms. The van der Waals surface area contributed by atoms with E-state index in [-0.39, 0.29) is 5.75 Å². The largest absolute Gasteiger partial charge is 0.504 e. The van der Waals surface area contributed by atoms with Crippen LogP contribution < -0.4 is 4.74 Å². The fourth-order valence-corrected chi connectivity index (χ4v) is 2.51. The quantitative estimate of drug-likeness (QED) is 0.874. The molecule has 0 unspecified atom stereocenters. The van der Waals surface area contributed by atoms with E-state index in [9.17, 15) is 5.11 Å². The highest BCUT2D eigenvalue weighted by Crippen LogP contribution is 2.27. The monoisotopic (exact) mass is 235 g/mol. The molecule has 1 atom stereocenters. The smallest absolute Gasteiger partial charge is 0.160 e. The van der Waals surface area contributed by atoms with Crippen LogP contribution in [0.15, 0.2) is 18.2 Å². The number of benzene rings is 1. The van der Waals surface area contributed by atoms with Crippen LogP contribution in [0.2, 0.25) is 0 Å². The SMILES string of the molecule is COc1cc(CN2CCC[C@H](C)C2)ccc1O. The molecule has 3 nitrogen and oxygen atoms in total. The minimum absolute atomic E-state index is 0.211. The van der Waals surface area contributed by atoms with Crippen LogP contribution in [0.1, 0.15) is 25.3 Å². The molecule has 0 radical (unpaired) electrons. The number of nitrogens with zero attached hydrogens (tertiary/aromatic N) is 1. The first kappa shape index (κ1) is 12.2. The second-order valence-electron chi connectivity index (χ2n) is 4.99. The molecule has 1 fully saturated rings. The molecule has 1 saturated heterocycles. The van der Waals surface area contributed by atoms with Crippen molar-refractivity contribution in [3.8, 4) is 11.5 Å². The first-order valence-electron chi connectivity index (χ1n) is 6.27. The third kappa shape index (κ3) is 3.13. The van der Waals surface area contributed by atoms with Gasteiger partial charge in [0.2, 0.25) is 0 Å². The average molecular weight is 235 g/mol. The number of methoxy groups -OCH3 is 1. The van der Waals surface area contributed by atoms with Crippen molar-refractivity contribution in [3.63, 3.8) is 0 Å². The summed E-state index contributed by atoms with van der Waals surface area (Å²) < 4.78 is 5.13. The van der Waals surface area contributed by atoms with E-state index in [1.165, 1.54) is 31.5 Å². The first-order chi connectivity index (χ1) is 8.19. The highest BCUT2D eigenvalue weighted by molar-refractivity contribution is 5.41. The molecule has 0 saturated carbocycles. The summed E-state index contributed by atoms with van der Waals surface area (Å²) in [6, 6.07) is 5.60. The molecule has 1 aliphatic heterocycles. The van der Waals surface area contributed by atoms with Gasteiger partial charge in [-0.25, -0.2) is 0 Å². The van der Waals surface area contributed by atoms with Crippen LogP contribution in [0.25, 0.3) is 0 Å². The summed E-state index contributed by atoms with van der Waals surface area (Å²) in [5.41, 5.74) is 1.20. The predicted molar refractivity (Wildman–Crippen MR) is 68.3 cm³/mol. The van der Waals surface area contributed by atoms with Gasteiger partial charge in [0, 0.05) is 13.1 Å². The lowest BCUT2D eigenvalue weighted by atomic mass is 10.00. The number of phenols is 1. The fraction of sp³-hybridized carbons (Fsp3) is 0.571. The highest BCUT2D eigenvalue weighted by Gasteiger charge is 2.16. The molecule has 1 N–H and O–H groups in total. The Morgan fingerprint density at radius 1 is 1.47 bits per heavy atom. The predicted octanol–water partition coefficient (Wildman–Crippen LogP) is 2.63. The number of phenolic OH excluding ortho intramolecular Hbond substituents is 1. The molecule has 3 heteroatoms. The first-order valence-corrected chi connectivity index (χ1v) is 6.27. The molecule has 0 bridgehead atoms. The zero-order valence-corrected chi connectivity index (χ0v) is 10.6. The average Bonchev–Trinajstić information content (AvgIpc) is 2.32. The van der Waals surface area contributed by atoms with Crippen molar-refractivity contribution in [2.45, 2.75) is 26.3 Å². The Labute approximate surface area is 103 Å². The minimum atomic E-state index is 0.211. The third-order valence-corrected chi connectivity index (χ3v) is 3.39. The Bertz CT molecular complexity index is 378. The summed E-state index contributed by atoms with van der Waals surface area (Å²) in [6.07, 6.45) is 2.63. The number of rotatable bonds is 3. The van der Waals surface area contributed by atoms with Crippen molar-refractivity contribution < 1.29 is 9.84 Å². The minimum Gasteiger partial charge on any atom is -0.504 e. The van der Waals surface area contributed by atoms with Gasteiger partial charge in [-0.15, -0.1) is 0 Å². The van der Waals surface area contributed by atoms with E-state index >= 15 is 0 Å². The Morgan fingerprint density at radius 2 is 2.29 bits per heavy atom. The Hall–Kier alpha value is -1.22. The van der Waals surface area contributed by atoms with Crippen LogP contribution in [-0.4, -0.2) is 30.2 Å². The van der Waals surface area contributed by atoms with Gasteiger partial charge in [0.05, 0.1) is 7.11 Å². The zero-order chi connectivity index (χ0) is 12.3. The van der Waals surface area contributed by atoms with Gasteiger partial charge in [-0.3, -0.25) is 4.90 Å². The molecule has 0 amide bonds. The van der Waals surface area contributed by atoms with Gasteiger partial charge >= 0.3 is 0 Å². The number of ether oxygens (including phenoxy) is 1. The summed E-state index contributed by atoms with van der Waals surface area (Å²) in [7, 11) is 1.59. The number of aromatic hydroxyl groups is 1. The topological polar surface area (TPSA) is 32.7 Å². The zero-order valence-electron chi connectivity index (χ0n) is 10.6. The summed E-state index contributed by atoms with van der Waals surface area (Å²) >= 11 is 0. The van der Waals surface area contributed by atoms with Crippen molar-refractivity contribution >= 4 is 0 Å². The molecule has 0 aromatic heterocycles. The molecule has 1 heterocycles. The van der Waals surface area contributed by atoms with Crippen LogP contribution in [0.4, 0.5) is 0 Å². The third-order valence-electron chi connectivity index (χ3n) is 3.39. The fourth-order valence-electron chi connectivity index (χ4n) is 2.51. The van der Waals surface area contributed by atoms with Crippen LogP contribution in [0, 0.1) is 5.92 Å². The van der Waals surface area contributed by atoms with E-state index < -0.39 is 0 Å². The lowest BCUT2D eigenvalue weighted by Crippen LogP contribution is -2.33. The van der Waals surface area contributed by atoms with Gasteiger partial charge in [-0.1, -0.05) is 13.0 Å². The molecule has 1 aliphatic rings. The summed E-state index contributed by atoms with van der Waals surface area (Å²) in [5, 5.41) is 9.54. The summed E-state index contributed by atoms with van der Waals surface area (Å²) in [6.45, 7) is 5.60.